The highest BCUT2D eigenvalue weighted by Crippen LogP contribution is 2.36. The summed E-state index contributed by atoms with van der Waals surface area (Å²) in [6.45, 7) is 2.43. The highest BCUT2D eigenvalue weighted by molar-refractivity contribution is 5.78. The number of hydrogen-bond acceptors (Lipinski definition) is 2. The van der Waals surface area contributed by atoms with E-state index in [4.69, 9.17) is 5.11 Å². The van der Waals surface area contributed by atoms with Crippen LogP contribution in [0.15, 0.2) is 24.3 Å². The van der Waals surface area contributed by atoms with E-state index in [2.05, 4.69) is 17.2 Å². The molecule has 1 fully saturated rings. The van der Waals surface area contributed by atoms with E-state index in [1.165, 1.54) is 12.8 Å². The van der Waals surface area contributed by atoms with Crippen LogP contribution >= 0.6 is 0 Å². The molecule has 0 spiro atoms. The van der Waals surface area contributed by atoms with E-state index in [-0.39, 0.29) is 18.4 Å². The molecular formula is C16H19NO2. The van der Waals surface area contributed by atoms with Crippen molar-refractivity contribution in [2.24, 2.45) is 11.8 Å². The number of amides is 1. The first-order chi connectivity index (χ1) is 9.20. The fourth-order valence-electron chi connectivity index (χ4n) is 2.01. The highest BCUT2D eigenvalue weighted by atomic mass is 16.2. The normalized spacial score (nSPS) is 15.3. The summed E-state index contributed by atoms with van der Waals surface area (Å²) in [5.41, 5.74) is 1.93. The zero-order valence-electron chi connectivity index (χ0n) is 11.1. The van der Waals surface area contributed by atoms with Gasteiger partial charge in [0.25, 0.3) is 0 Å². The smallest absolute Gasteiger partial charge is 0.223 e. The fourth-order valence-corrected chi connectivity index (χ4v) is 2.01. The summed E-state index contributed by atoms with van der Waals surface area (Å²) in [6.07, 6.45) is 2.37. The second kappa shape index (κ2) is 6.40. The number of aliphatic hydroxyl groups is 1. The van der Waals surface area contributed by atoms with Gasteiger partial charge in [-0.15, -0.1) is 0 Å². The van der Waals surface area contributed by atoms with Crippen molar-refractivity contribution < 1.29 is 9.90 Å². The molecule has 0 aromatic heterocycles. The molecule has 0 aliphatic heterocycles. The van der Waals surface area contributed by atoms with E-state index in [0.717, 1.165) is 11.1 Å². The molecule has 1 aromatic carbocycles. The Morgan fingerprint density at radius 2 is 2.11 bits per heavy atom. The van der Waals surface area contributed by atoms with Gasteiger partial charge in [-0.2, -0.15) is 0 Å². The standard InChI is InChI=1S/C16H19NO2/c1-12(15-8-9-15)16(19)17-11-14-6-4-13(5-7-14)3-2-10-18/h4-7,12,15,18H,8-11H2,1H3,(H,17,19). The summed E-state index contributed by atoms with van der Waals surface area (Å²) in [7, 11) is 0. The number of benzene rings is 1. The molecule has 1 aliphatic rings. The van der Waals surface area contributed by atoms with Gasteiger partial charge in [-0.05, 0) is 36.5 Å². The largest absolute Gasteiger partial charge is 0.384 e. The van der Waals surface area contributed by atoms with Gasteiger partial charge < -0.3 is 10.4 Å². The zero-order valence-corrected chi connectivity index (χ0v) is 11.1. The molecule has 0 bridgehead atoms. The maximum Gasteiger partial charge on any atom is 0.223 e. The number of rotatable bonds is 4. The first-order valence-electron chi connectivity index (χ1n) is 6.67. The Morgan fingerprint density at radius 3 is 2.68 bits per heavy atom. The number of carbonyl (C=O) groups is 1. The Hall–Kier alpha value is -1.79. The SMILES string of the molecule is CC(C(=O)NCc1ccc(C#CCO)cc1)C1CC1. The van der Waals surface area contributed by atoms with Crippen LogP contribution in [0.3, 0.4) is 0 Å². The topological polar surface area (TPSA) is 49.3 Å². The third-order valence-electron chi connectivity index (χ3n) is 3.48. The lowest BCUT2D eigenvalue weighted by Gasteiger charge is -2.11. The van der Waals surface area contributed by atoms with Gasteiger partial charge in [0.05, 0.1) is 0 Å². The maximum atomic E-state index is 11.8. The molecule has 2 rings (SSSR count). The summed E-state index contributed by atoms with van der Waals surface area (Å²) < 4.78 is 0. The maximum absolute atomic E-state index is 11.8. The van der Waals surface area contributed by atoms with Gasteiger partial charge in [0.15, 0.2) is 0 Å². The summed E-state index contributed by atoms with van der Waals surface area (Å²) in [5, 5.41) is 11.6. The lowest BCUT2D eigenvalue weighted by molar-refractivity contribution is -0.125. The molecule has 100 valence electrons. The molecule has 0 radical (unpaired) electrons. The number of nitrogens with one attached hydrogen (secondary N) is 1. The molecular weight excluding hydrogens is 238 g/mol. The summed E-state index contributed by atoms with van der Waals surface area (Å²) in [4.78, 5) is 11.8. The van der Waals surface area contributed by atoms with Crippen molar-refractivity contribution in [3.8, 4) is 11.8 Å². The molecule has 1 saturated carbocycles. The molecule has 0 saturated heterocycles. The number of hydrogen-bond donors (Lipinski definition) is 2. The van der Waals surface area contributed by atoms with Crippen molar-refractivity contribution in [2.75, 3.05) is 6.61 Å². The lowest BCUT2D eigenvalue weighted by atomic mass is 10.1. The minimum Gasteiger partial charge on any atom is -0.384 e. The predicted molar refractivity (Wildman–Crippen MR) is 74.1 cm³/mol. The molecule has 1 unspecified atom stereocenters. The summed E-state index contributed by atoms with van der Waals surface area (Å²) >= 11 is 0. The lowest BCUT2D eigenvalue weighted by Crippen LogP contribution is -2.29. The van der Waals surface area contributed by atoms with Crippen LogP contribution in [0.4, 0.5) is 0 Å². The Labute approximate surface area is 114 Å². The quantitative estimate of drug-likeness (QED) is 0.806. The van der Waals surface area contributed by atoms with Crippen LogP contribution in [-0.2, 0) is 11.3 Å². The van der Waals surface area contributed by atoms with Crippen LogP contribution in [0.5, 0.6) is 0 Å². The van der Waals surface area contributed by atoms with E-state index < -0.39 is 0 Å². The van der Waals surface area contributed by atoms with Gasteiger partial charge in [0.1, 0.15) is 6.61 Å². The molecule has 3 heteroatoms. The van der Waals surface area contributed by atoms with Crippen LogP contribution in [0.1, 0.15) is 30.9 Å². The van der Waals surface area contributed by atoms with Crippen molar-refractivity contribution >= 4 is 5.91 Å². The molecule has 1 aromatic rings. The molecule has 3 nitrogen and oxygen atoms in total. The highest BCUT2D eigenvalue weighted by Gasteiger charge is 2.32. The van der Waals surface area contributed by atoms with Crippen LogP contribution < -0.4 is 5.32 Å². The van der Waals surface area contributed by atoms with E-state index >= 15 is 0 Å². The minimum absolute atomic E-state index is 0.128. The Kier molecular flexibility index (Phi) is 4.59. The molecule has 1 atom stereocenters. The second-order valence-corrected chi connectivity index (χ2v) is 5.00. The summed E-state index contributed by atoms with van der Waals surface area (Å²) in [6, 6.07) is 7.69. The minimum atomic E-state index is -0.128. The Bertz CT molecular complexity index is 492. The first kappa shape index (κ1) is 13.6. The number of carbonyl (C=O) groups excluding carboxylic acids is 1. The monoisotopic (exact) mass is 257 g/mol. The van der Waals surface area contributed by atoms with Crippen LogP contribution in [0.25, 0.3) is 0 Å². The van der Waals surface area contributed by atoms with Crippen molar-refractivity contribution in [1.82, 2.24) is 5.32 Å². The van der Waals surface area contributed by atoms with Crippen LogP contribution in [-0.4, -0.2) is 17.6 Å². The fraction of sp³-hybridized carbons (Fsp3) is 0.438. The number of aliphatic hydroxyl groups excluding tert-OH is 1. The zero-order chi connectivity index (χ0) is 13.7. The second-order valence-electron chi connectivity index (χ2n) is 5.00. The van der Waals surface area contributed by atoms with E-state index in [0.29, 0.717) is 12.5 Å². The van der Waals surface area contributed by atoms with Crippen LogP contribution in [0, 0.1) is 23.7 Å². The van der Waals surface area contributed by atoms with Gasteiger partial charge >= 0.3 is 0 Å². The van der Waals surface area contributed by atoms with Gasteiger partial charge in [0.2, 0.25) is 5.91 Å². The van der Waals surface area contributed by atoms with E-state index in [1.807, 2.05) is 31.2 Å². The average molecular weight is 257 g/mol. The van der Waals surface area contributed by atoms with Crippen molar-refractivity contribution in [2.45, 2.75) is 26.3 Å². The van der Waals surface area contributed by atoms with Crippen LogP contribution in [0.2, 0.25) is 0 Å². The van der Waals surface area contributed by atoms with Crippen molar-refractivity contribution in [3.63, 3.8) is 0 Å². The van der Waals surface area contributed by atoms with E-state index in [9.17, 15) is 4.79 Å². The predicted octanol–water partition coefficient (Wildman–Crippen LogP) is 1.69. The van der Waals surface area contributed by atoms with Crippen molar-refractivity contribution in [3.05, 3.63) is 35.4 Å². The Morgan fingerprint density at radius 1 is 1.42 bits per heavy atom. The summed E-state index contributed by atoms with van der Waals surface area (Å²) in [5.74, 6) is 6.32. The Balaban J connectivity index is 1.84. The van der Waals surface area contributed by atoms with Gasteiger partial charge in [0, 0.05) is 18.0 Å². The van der Waals surface area contributed by atoms with E-state index in [1.54, 1.807) is 0 Å². The first-order valence-corrected chi connectivity index (χ1v) is 6.67. The molecule has 0 heterocycles. The molecule has 1 amide bonds. The average Bonchev–Trinajstić information content (AvgIpc) is 3.27. The van der Waals surface area contributed by atoms with Gasteiger partial charge in [-0.3, -0.25) is 4.79 Å². The van der Waals surface area contributed by atoms with Gasteiger partial charge in [-0.25, -0.2) is 0 Å². The molecule has 19 heavy (non-hydrogen) atoms. The third-order valence-corrected chi connectivity index (χ3v) is 3.48. The molecule has 1 aliphatic carbocycles. The van der Waals surface area contributed by atoms with Gasteiger partial charge in [-0.1, -0.05) is 30.9 Å². The van der Waals surface area contributed by atoms with Crippen molar-refractivity contribution in [1.29, 1.82) is 0 Å². The third kappa shape index (κ3) is 4.11. The molecule has 2 N–H and O–H groups in total.